The Balaban J connectivity index is 0.000000538. The molecule has 0 amide bonds. The highest BCUT2D eigenvalue weighted by atomic mass is 19.4. The Morgan fingerprint density at radius 2 is 1.80 bits per heavy atom. The molecule has 1 atom stereocenters. The SMILES string of the molecule is C=CC1(C/C(C=NC)=C/N)C/C(=C/N)C(=Nc2ccc(F)cc2)C=C1CCN.CC.Cc1cc(C(F)(F)F)ccn1. The number of hydrogen-bond acceptors (Lipinski definition) is 6. The minimum atomic E-state index is -4.26. The molecular weight excluding hydrogens is 532 g/mol. The van der Waals surface area contributed by atoms with E-state index >= 15 is 0 Å². The molecule has 0 bridgehead atoms. The molecule has 6 nitrogen and oxygen atoms in total. The van der Waals surface area contributed by atoms with Crippen molar-refractivity contribution in [2.45, 2.75) is 46.2 Å². The number of aryl methyl sites for hydroxylation is 1. The molecule has 0 saturated carbocycles. The van der Waals surface area contributed by atoms with Crippen molar-refractivity contribution in [3.05, 3.63) is 108 Å². The second kappa shape index (κ2) is 16.9. The van der Waals surface area contributed by atoms with Crippen LogP contribution < -0.4 is 17.2 Å². The van der Waals surface area contributed by atoms with E-state index in [0.29, 0.717) is 37.2 Å². The number of hydrogen-bond donors (Lipinski definition) is 3. The van der Waals surface area contributed by atoms with Crippen LogP contribution in [-0.2, 0) is 6.18 Å². The van der Waals surface area contributed by atoms with E-state index in [4.69, 9.17) is 17.2 Å². The summed E-state index contributed by atoms with van der Waals surface area (Å²) < 4.78 is 49.0. The first kappa shape index (κ1) is 35.0. The monoisotopic (exact) mass is 572 g/mol. The maximum absolute atomic E-state index is 13.2. The van der Waals surface area contributed by atoms with Gasteiger partial charge in [-0.05, 0) is 98.8 Å². The van der Waals surface area contributed by atoms with Gasteiger partial charge in [0, 0.05) is 30.6 Å². The van der Waals surface area contributed by atoms with E-state index in [1.54, 1.807) is 37.8 Å². The van der Waals surface area contributed by atoms with E-state index in [-0.39, 0.29) is 11.2 Å². The van der Waals surface area contributed by atoms with Crippen LogP contribution in [0.2, 0.25) is 0 Å². The summed E-state index contributed by atoms with van der Waals surface area (Å²) in [6.45, 7) is 10.1. The molecule has 1 aliphatic carbocycles. The highest BCUT2D eigenvalue weighted by Crippen LogP contribution is 2.46. The van der Waals surface area contributed by atoms with E-state index in [9.17, 15) is 17.6 Å². The maximum atomic E-state index is 13.2. The van der Waals surface area contributed by atoms with Crippen LogP contribution in [-0.4, -0.2) is 30.5 Å². The number of aromatic nitrogens is 1. The van der Waals surface area contributed by atoms with Gasteiger partial charge in [0.05, 0.1) is 17.0 Å². The molecule has 6 N–H and O–H groups in total. The molecule has 1 aromatic carbocycles. The number of pyridine rings is 1. The van der Waals surface area contributed by atoms with Gasteiger partial charge in [-0.3, -0.25) is 9.98 Å². The lowest BCUT2D eigenvalue weighted by Crippen LogP contribution is -2.31. The molecule has 1 aliphatic rings. The topological polar surface area (TPSA) is 116 Å². The summed E-state index contributed by atoms with van der Waals surface area (Å²) in [7, 11) is 1.71. The third kappa shape index (κ3) is 10.5. The summed E-state index contributed by atoms with van der Waals surface area (Å²) in [5, 5.41) is 0. The standard InChI is InChI=1S/C22H28FN5.C7H6F3N.C2H6/c1-3-22(11-16(13-25)15-27-2)12-17(14-26)21(10-18(22)8-9-24)28-20-6-4-19(23)5-7-20;1-5-4-6(2-3-11-5)7(8,9)10;1-2/h3-7,10,13-15H,1,8-9,11-12,24-26H2,2H3;2-4H,1H3;1-2H3/b16-13-,17-14-,27-15?,28-21?;;. The van der Waals surface area contributed by atoms with Crippen LogP contribution in [0.1, 0.15) is 44.4 Å². The minimum absolute atomic E-state index is 0.300. The zero-order chi connectivity index (χ0) is 31.1. The normalized spacial score (nSPS) is 19.2. The quantitative estimate of drug-likeness (QED) is 0.189. The molecule has 0 aliphatic heterocycles. The molecule has 0 radical (unpaired) electrons. The molecule has 0 fully saturated rings. The predicted octanol–water partition coefficient (Wildman–Crippen LogP) is 6.96. The number of nitrogens with two attached hydrogens (primary N) is 3. The summed E-state index contributed by atoms with van der Waals surface area (Å²) in [5.74, 6) is -0.300. The zero-order valence-corrected chi connectivity index (χ0v) is 24.0. The third-order valence-corrected chi connectivity index (χ3v) is 6.12. The smallest absolute Gasteiger partial charge is 0.404 e. The van der Waals surface area contributed by atoms with Gasteiger partial charge in [-0.15, -0.1) is 6.58 Å². The van der Waals surface area contributed by atoms with Crippen molar-refractivity contribution >= 4 is 17.6 Å². The zero-order valence-electron chi connectivity index (χ0n) is 24.0. The van der Waals surface area contributed by atoms with E-state index in [1.165, 1.54) is 19.1 Å². The number of allylic oxidation sites excluding steroid dienone is 4. The van der Waals surface area contributed by atoms with Crippen LogP contribution in [0.3, 0.4) is 0 Å². The Morgan fingerprint density at radius 1 is 1.15 bits per heavy atom. The molecular formula is C31H40F4N6. The molecule has 1 aromatic heterocycles. The highest BCUT2D eigenvalue weighted by Gasteiger charge is 2.37. The fraction of sp³-hybridized carbons (Fsp3) is 0.323. The first-order chi connectivity index (χ1) is 19.5. The summed E-state index contributed by atoms with van der Waals surface area (Å²) in [4.78, 5) is 12.4. The average Bonchev–Trinajstić information content (AvgIpc) is 2.96. The van der Waals surface area contributed by atoms with Gasteiger partial charge < -0.3 is 17.2 Å². The van der Waals surface area contributed by atoms with Crippen molar-refractivity contribution in [3.8, 4) is 0 Å². The van der Waals surface area contributed by atoms with Crippen molar-refractivity contribution < 1.29 is 17.6 Å². The number of halogens is 4. The van der Waals surface area contributed by atoms with Gasteiger partial charge in [-0.2, -0.15) is 13.2 Å². The number of nitrogens with zero attached hydrogens (tertiary/aromatic N) is 3. The summed E-state index contributed by atoms with van der Waals surface area (Å²) in [6.07, 6.45) is 7.66. The van der Waals surface area contributed by atoms with Gasteiger partial charge in [0.2, 0.25) is 0 Å². The minimum Gasteiger partial charge on any atom is -0.404 e. The van der Waals surface area contributed by atoms with Crippen LogP contribution in [0.25, 0.3) is 0 Å². The van der Waals surface area contributed by atoms with Crippen LogP contribution in [0, 0.1) is 18.2 Å². The van der Waals surface area contributed by atoms with E-state index < -0.39 is 11.7 Å². The van der Waals surface area contributed by atoms with Crippen LogP contribution in [0.5, 0.6) is 0 Å². The number of alkyl halides is 3. The Kier molecular flexibility index (Phi) is 14.4. The van der Waals surface area contributed by atoms with E-state index in [0.717, 1.165) is 40.8 Å². The molecule has 0 saturated heterocycles. The lowest BCUT2D eigenvalue weighted by Gasteiger charge is -2.38. The van der Waals surface area contributed by atoms with Crippen molar-refractivity contribution in [3.63, 3.8) is 0 Å². The van der Waals surface area contributed by atoms with Crippen molar-refractivity contribution in [2.24, 2.45) is 32.6 Å². The number of aliphatic imine (C=N–C) groups is 2. The molecule has 10 heteroatoms. The third-order valence-electron chi connectivity index (χ3n) is 6.12. The van der Waals surface area contributed by atoms with Crippen molar-refractivity contribution in [1.29, 1.82) is 0 Å². The molecule has 0 spiro atoms. The van der Waals surface area contributed by atoms with Gasteiger partial charge in [0.1, 0.15) is 5.82 Å². The molecule has 2 aromatic rings. The lowest BCUT2D eigenvalue weighted by atomic mass is 9.66. The second-order valence-corrected chi connectivity index (χ2v) is 8.90. The van der Waals surface area contributed by atoms with Gasteiger partial charge >= 0.3 is 6.18 Å². The summed E-state index contributed by atoms with van der Waals surface area (Å²) >= 11 is 0. The van der Waals surface area contributed by atoms with Crippen molar-refractivity contribution in [1.82, 2.24) is 4.98 Å². The van der Waals surface area contributed by atoms with E-state index in [1.807, 2.05) is 26.0 Å². The molecule has 1 unspecified atom stereocenters. The van der Waals surface area contributed by atoms with Gasteiger partial charge in [-0.25, -0.2) is 9.38 Å². The summed E-state index contributed by atoms with van der Waals surface area (Å²) in [5.41, 5.74) is 21.3. The first-order valence-corrected chi connectivity index (χ1v) is 13.1. The molecule has 222 valence electrons. The predicted molar refractivity (Wildman–Crippen MR) is 161 cm³/mol. The van der Waals surface area contributed by atoms with Gasteiger partial charge in [0.15, 0.2) is 0 Å². The summed E-state index contributed by atoms with van der Waals surface area (Å²) in [6, 6.07) is 8.00. The highest BCUT2D eigenvalue weighted by molar-refractivity contribution is 6.11. The largest absolute Gasteiger partial charge is 0.416 e. The lowest BCUT2D eigenvalue weighted by molar-refractivity contribution is -0.137. The molecule has 3 rings (SSSR count). The van der Waals surface area contributed by atoms with Crippen LogP contribution in [0.4, 0.5) is 23.2 Å². The Morgan fingerprint density at radius 3 is 2.27 bits per heavy atom. The Bertz CT molecular complexity index is 1270. The van der Waals surface area contributed by atoms with Crippen LogP contribution >= 0.6 is 0 Å². The van der Waals surface area contributed by atoms with Gasteiger partial charge in [0.25, 0.3) is 0 Å². The van der Waals surface area contributed by atoms with Crippen molar-refractivity contribution in [2.75, 3.05) is 13.6 Å². The first-order valence-electron chi connectivity index (χ1n) is 13.1. The number of benzene rings is 1. The van der Waals surface area contributed by atoms with Gasteiger partial charge in [-0.1, -0.05) is 25.5 Å². The fourth-order valence-electron chi connectivity index (χ4n) is 4.18. The maximum Gasteiger partial charge on any atom is 0.416 e. The van der Waals surface area contributed by atoms with Crippen LogP contribution in [0.15, 0.2) is 100 Å². The Hall–Kier alpha value is -4.05. The van der Waals surface area contributed by atoms with E-state index in [2.05, 4.69) is 21.5 Å². The molecule has 1 heterocycles. The fourth-order valence-corrected chi connectivity index (χ4v) is 4.18. The Labute approximate surface area is 240 Å². The number of rotatable bonds is 7. The molecule has 41 heavy (non-hydrogen) atoms. The average molecular weight is 573 g/mol. The second-order valence-electron chi connectivity index (χ2n) is 8.90.